The van der Waals surface area contributed by atoms with Crippen molar-refractivity contribution in [3.63, 3.8) is 0 Å². The van der Waals surface area contributed by atoms with Gasteiger partial charge < -0.3 is 0 Å². The van der Waals surface area contributed by atoms with Crippen molar-refractivity contribution in [3.8, 4) is 0 Å². The predicted octanol–water partition coefficient (Wildman–Crippen LogP) is 2.61. The highest BCUT2D eigenvalue weighted by molar-refractivity contribution is 7.89. The van der Waals surface area contributed by atoms with Crippen LogP contribution in [-0.4, -0.2) is 25.8 Å². The summed E-state index contributed by atoms with van der Waals surface area (Å²) in [5.74, 6) is 0. The van der Waals surface area contributed by atoms with Gasteiger partial charge in [0.25, 0.3) is 0 Å². The Hall–Kier alpha value is -1.39. The molecule has 0 amide bonds. The highest BCUT2D eigenvalue weighted by Gasteiger charge is 2.21. The van der Waals surface area contributed by atoms with Crippen LogP contribution in [0.15, 0.2) is 54.5 Å². The molecule has 0 saturated heterocycles. The summed E-state index contributed by atoms with van der Waals surface area (Å²) in [5, 5.41) is 0. The Morgan fingerprint density at radius 1 is 1.11 bits per heavy atom. The van der Waals surface area contributed by atoms with E-state index in [2.05, 4.69) is 13.2 Å². The van der Waals surface area contributed by atoms with Crippen LogP contribution in [0.2, 0.25) is 0 Å². The molecule has 4 heteroatoms. The van der Waals surface area contributed by atoms with Crippen molar-refractivity contribution >= 4 is 10.0 Å². The molecule has 18 heavy (non-hydrogen) atoms. The first-order chi connectivity index (χ1) is 8.56. The Morgan fingerprint density at radius 3 is 2.00 bits per heavy atom. The van der Waals surface area contributed by atoms with Crippen LogP contribution >= 0.6 is 0 Å². The van der Waals surface area contributed by atoms with Gasteiger partial charge >= 0.3 is 0 Å². The van der Waals surface area contributed by atoms with Crippen molar-refractivity contribution in [2.24, 2.45) is 0 Å². The fourth-order valence-corrected chi connectivity index (χ4v) is 2.99. The fourth-order valence-electron chi connectivity index (χ4n) is 1.60. The van der Waals surface area contributed by atoms with E-state index in [1.165, 1.54) is 4.31 Å². The third-order valence-corrected chi connectivity index (χ3v) is 4.48. The molecule has 0 aliphatic carbocycles. The molecule has 0 unspecified atom stereocenters. The molecule has 0 aliphatic rings. The second-order valence-corrected chi connectivity index (χ2v) is 5.83. The molecule has 1 aromatic rings. The zero-order valence-electron chi connectivity index (χ0n) is 10.7. The number of hydrogen-bond donors (Lipinski definition) is 0. The van der Waals surface area contributed by atoms with Crippen LogP contribution in [-0.2, 0) is 16.4 Å². The lowest BCUT2D eigenvalue weighted by Gasteiger charge is -2.19. The predicted molar refractivity (Wildman–Crippen MR) is 75.0 cm³/mol. The molecule has 0 atom stereocenters. The molecule has 0 bridgehead atoms. The molecule has 3 nitrogen and oxygen atoms in total. The second kappa shape index (κ2) is 6.52. The van der Waals surface area contributed by atoms with Gasteiger partial charge in [-0.1, -0.05) is 31.2 Å². The molecular weight excluding hydrogens is 246 g/mol. The Balaban J connectivity index is 3.08. The summed E-state index contributed by atoms with van der Waals surface area (Å²) in [4.78, 5) is 0.309. The van der Waals surface area contributed by atoms with Gasteiger partial charge in [0, 0.05) is 13.1 Å². The van der Waals surface area contributed by atoms with Crippen molar-refractivity contribution in [1.29, 1.82) is 0 Å². The fraction of sp³-hybridized carbons (Fsp3) is 0.286. The molecule has 0 N–H and O–H groups in total. The van der Waals surface area contributed by atoms with Gasteiger partial charge in [0.05, 0.1) is 4.90 Å². The van der Waals surface area contributed by atoms with Crippen molar-refractivity contribution < 1.29 is 8.42 Å². The summed E-state index contributed by atoms with van der Waals surface area (Å²) in [6.45, 7) is 9.75. The lowest BCUT2D eigenvalue weighted by atomic mass is 10.2. The molecular formula is C14H19NO2S. The number of aryl methyl sites for hydroxylation is 1. The zero-order chi connectivity index (χ0) is 13.6. The summed E-state index contributed by atoms with van der Waals surface area (Å²) < 4.78 is 26.0. The summed E-state index contributed by atoms with van der Waals surface area (Å²) >= 11 is 0. The molecule has 0 fully saturated rings. The monoisotopic (exact) mass is 265 g/mol. The Morgan fingerprint density at radius 2 is 1.61 bits per heavy atom. The maximum atomic E-state index is 12.3. The first-order valence-corrected chi connectivity index (χ1v) is 7.31. The lowest BCUT2D eigenvalue weighted by Crippen LogP contribution is -2.31. The summed E-state index contributed by atoms with van der Waals surface area (Å²) in [6, 6.07) is 6.97. The van der Waals surface area contributed by atoms with Gasteiger partial charge in [0.2, 0.25) is 10.0 Å². The zero-order valence-corrected chi connectivity index (χ0v) is 11.5. The van der Waals surface area contributed by atoms with Crippen LogP contribution in [0.5, 0.6) is 0 Å². The van der Waals surface area contributed by atoms with Crippen LogP contribution in [0.4, 0.5) is 0 Å². The molecule has 0 radical (unpaired) electrons. The maximum absolute atomic E-state index is 12.3. The minimum atomic E-state index is -3.46. The molecule has 98 valence electrons. The lowest BCUT2D eigenvalue weighted by molar-refractivity contribution is 0.474. The summed E-state index contributed by atoms with van der Waals surface area (Å²) in [7, 11) is -3.46. The van der Waals surface area contributed by atoms with E-state index in [1.807, 2.05) is 19.1 Å². The van der Waals surface area contributed by atoms with Crippen molar-refractivity contribution in [3.05, 3.63) is 55.1 Å². The molecule has 0 aromatic heterocycles. The first kappa shape index (κ1) is 14.7. The maximum Gasteiger partial charge on any atom is 0.243 e. The van der Waals surface area contributed by atoms with E-state index in [9.17, 15) is 8.42 Å². The number of nitrogens with zero attached hydrogens (tertiary/aromatic N) is 1. The Kier molecular flexibility index (Phi) is 5.31. The standard InChI is InChI=1S/C14H19NO2S/c1-4-11-15(12-5-2)18(16,17)14-9-7-13(6-3)8-10-14/h4-5,7-10H,1-2,6,11-12H2,3H3. The largest absolute Gasteiger partial charge is 0.243 e. The third-order valence-electron chi connectivity index (χ3n) is 2.63. The van der Waals surface area contributed by atoms with E-state index in [4.69, 9.17) is 0 Å². The summed E-state index contributed by atoms with van der Waals surface area (Å²) in [5.41, 5.74) is 1.12. The van der Waals surface area contributed by atoms with E-state index < -0.39 is 10.0 Å². The van der Waals surface area contributed by atoms with E-state index in [1.54, 1.807) is 24.3 Å². The number of hydrogen-bond acceptors (Lipinski definition) is 2. The number of benzene rings is 1. The van der Waals surface area contributed by atoms with Crippen LogP contribution in [0.3, 0.4) is 0 Å². The average molecular weight is 265 g/mol. The van der Waals surface area contributed by atoms with Crippen molar-refractivity contribution in [2.45, 2.75) is 18.2 Å². The second-order valence-electron chi connectivity index (χ2n) is 3.90. The van der Waals surface area contributed by atoms with Crippen LogP contribution in [0.1, 0.15) is 12.5 Å². The topological polar surface area (TPSA) is 37.4 Å². The van der Waals surface area contributed by atoms with Gasteiger partial charge in [-0.3, -0.25) is 0 Å². The molecule has 0 spiro atoms. The minimum absolute atomic E-state index is 0.282. The number of rotatable bonds is 7. The van der Waals surface area contributed by atoms with Gasteiger partial charge in [-0.15, -0.1) is 13.2 Å². The van der Waals surface area contributed by atoms with Gasteiger partial charge in [-0.05, 0) is 24.1 Å². The Bertz CT molecular complexity index is 493. The van der Waals surface area contributed by atoms with Crippen LogP contribution < -0.4 is 0 Å². The highest BCUT2D eigenvalue weighted by atomic mass is 32.2. The molecule has 0 saturated carbocycles. The highest BCUT2D eigenvalue weighted by Crippen LogP contribution is 2.16. The minimum Gasteiger partial charge on any atom is -0.207 e. The van der Waals surface area contributed by atoms with Crippen molar-refractivity contribution in [2.75, 3.05) is 13.1 Å². The van der Waals surface area contributed by atoms with Gasteiger partial charge in [0.1, 0.15) is 0 Å². The van der Waals surface area contributed by atoms with E-state index >= 15 is 0 Å². The van der Waals surface area contributed by atoms with Gasteiger partial charge in [-0.2, -0.15) is 4.31 Å². The summed E-state index contributed by atoms with van der Waals surface area (Å²) in [6.07, 6.45) is 4.03. The number of sulfonamides is 1. The SMILES string of the molecule is C=CCN(CC=C)S(=O)(=O)c1ccc(CC)cc1. The molecule has 0 heterocycles. The van der Waals surface area contributed by atoms with Crippen LogP contribution in [0, 0.1) is 0 Å². The van der Waals surface area contributed by atoms with Gasteiger partial charge in [-0.25, -0.2) is 8.42 Å². The van der Waals surface area contributed by atoms with E-state index in [0.717, 1.165) is 12.0 Å². The van der Waals surface area contributed by atoms with E-state index in [-0.39, 0.29) is 13.1 Å². The normalized spacial score (nSPS) is 11.4. The third kappa shape index (κ3) is 3.31. The van der Waals surface area contributed by atoms with Crippen molar-refractivity contribution in [1.82, 2.24) is 4.31 Å². The molecule has 0 aliphatic heterocycles. The van der Waals surface area contributed by atoms with Crippen LogP contribution in [0.25, 0.3) is 0 Å². The quantitative estimate of drug-likeness (QED) is 0.711. The molecule has 1 aromatic carbocycles. The Labute approximate surface area is 109 Å². The molecule has 1 rings (SSSR count). The first-order valence-electron chi connectivity index (χ1n) is 5.87. The van der Waals surface area contributed by atoms with E-state index in [0.29, 0.717) is 4.90 Å². The smallest absolute Gasteiger partial charge is 0.207 e. The van der Waals surface area contributed by atoms with Gasteiger partial charge in [0.15, 0.2) is 0 Å². The average Bonchev–Trinajstić information content (AvgIpc) is 2.38.